The van der Waals surface area contributed by atoms with Gasteiger partial charge in [-0.3, -0.25) is 9.59 Å². The van der Waals surface area contributed by atoms with E-state index in [9.17, 15) is 9.59 Å². The fourth-order valence-electron chi connectivity index (χ4n) is 1.29. The summed E-state index contributed by atoms with van der Waals surface area (Å²) in [6.07, 6.45) is 1.19. The number of nitrogens with one attached hydrogen (secondary N) is 1. The summed E-state index contributed by atoms with van der Waals surface area (Å²) in [6, 6.07) is 0. The Hall–Kier alpha value is -1.79. The quantitative estimate of drug-likeness (QED) is 0.217. The Morgan fingerprint density at radius 3 is 2.33 bits per heavy atom. The Labute approximate surface area is 107 Å². The average Bonchev–Trinajstić information content (AvgIpc) is 2.32. The number of oxime groups is 1. The predicted molar refractivity (Wildman–Crippen MR) is 67.8 cm³/mol. The van der Waals surface area contributed by atoms with E-state index in [0.717, 1.165) is 0 Å². The molecule has 0 aromatic carbocycles. The summed E-state index contributed by atoms with van der Waals surface area (Å²) < 4.78 is 0. The molecule has 18 heavy (non-hydrogen) atoms. The van der Waals surface area contributed by atoms with Gasteiger partial charge in [-0.2, -0.15) is 0 Å². The normalized spacial score (nSPS) is 14.1. The van der Waals surface area contributed by atoms with Crippen LogP contribution in [0.1, 0.15) is 33.6 Å². The van der Waals surface area contributed by atoms with Crippen molar-refractivity contribution in [1.29, 1.82) is 0 Å². The molecule has 0 saturated heterocycles. The highest BCUT2D eigenvalue weighted by atomic mass is 16.4. The maximum Gasteiger partial charge on any atom is 0.230 e. The van der Waals surface area contributed by atoms with E-state index in [1.165, 1.54) is 0 Å². The van der Waals surface area contributed by atoms with E-state index in [1.807, 2.05) is 6.92 Å². The van der Waals surface area contributed by atoms with Crippen LogP contribution in [0.3, 0.4) is 0 Å². The molecule has 0 aliphatic carbocycles. The summed E-state index contributed by atoms with van der Waals surface area (Å²) in [7, 11) is 0. The number of hydrogen-bond acceptors (Lipinski definition) is 4. The van der Waals surface area contributed by atoms with Crippen LogP contribution in [0, 0.1) is 11.3 Å². The molecule has 7 heteroatoms. The summed E-state index contributed by atoms with van der Waals surface area (Å²) in [5, 5.41) is 14.0. The first-order valence-electron chi connectivity index (χ1n) is 5.81. The first-order chi connectivity index (χ1) is 8.26. The van der Waals surface area contributed by atoms with Crippen LogP contribution in [0.15, 0.2) is 5.16 Å². The molecule has 6 N–H and O–H groups in total. The summed E-state index contributed by atoms with van der Waals surface area (Å²) in [5.74, 6) is -1.70. The SMILES string of the molecule is CCCC(C(=O)NCC(C)(C)C(N)=O)C(N)=NO. The Morgan fingerprint density at radius 1 is 1.39 bits per heavy atom. The average molecular weight is 258 g/mol. The maximum atomic E-state index is 11.9. The minimum atomic E-state index is -0.836. The molecule has 0 aromatic rings. The van der Waals surface area contributed by atoms with Gasteiger partial charge in [-0.05, 0) is 20.3 Å². The van der Waals surface area contributed by atoms with Crippen molar-refractivity contribution in [3.63, 3.8) is 0 Å². The number of rotatable bonds is 7. The van der Waals surface area contributed by atoms with Crippen LogP contribution in [-0.4, -0.2) is 29.4 Å². The second-order valence-electron chi connectivity index (χ2n) is 4.83. The zero-order chi connectivity index (χ0) is 14.3. The molecule has 0 radical (unpaired) electrons. The molecule has 0 aromatic heterocycles. The third-order valence-corrected chi connectivity index (χ3v) is 2.74. The molecule has 104 valence electrons. The zero-order valence-corrected chi connectivity index (χ0v) is 11.1. The molecule has 1 atom stereocenters. The fourth-order valence-corrected chi connectivity index (χ4v) is 1.29. The molecule has 7 nitrogen and oxygen atoms in total. The summed E-state index contributed by atoms with van der Waals surface area (Å²) in [5.41, 5.74) is 9.81. The van der Waals surface area contributed by atoms with E-state index in [2.05, 4.69) is 10.5 Å². The smallest absolute Gasteiger partial charge is 0.230 e. The van der Waals surface area contributed by atoms with Gasteiger partial charge in [-0.1, -0.05) is 18.5 Å². The fraction of sp³-hybridized carbons (Fsp3) is 0.727. The monoisotopic (exact) mass is 258 g/mol. The molecule has 0 fully saturated rings. The van der Waals surface area contributed by atoms with Gasteiger partial charge < -0.3 is 22.0 Å². The molecule has 2 amide bonds. The van der Waals surface area contributed by atoms with Gasteiger partial charge in [0.25, 0.3) is 0 Å². The number of amidine groups is 1. The molecular weight excluding hydrogens is 236 g/mol. The zero-order valence-electron chi connectivity index (χ0n) is 11.1. The predicted octanol–water partition coefficient (Wildman–Crippen LogP) is -0.223. The van der Waals surface area contributed by atoms with Crippen LogP contribution in [0.5, 0.6) is 0 Å². The molecule has 0 aliphatic heterocycles. The van der Waals surface area contributed by atoms with Crippen molar-refractivity contribution in [2.75, 3.05) is 6.54 Å². The molecule has 0 spiro atoms. The third kappa shape index (κ3) is 4.60. The van der Waals surface area contributed by atoms with Crippen molar-refractivity contribution in [1.82, 2.24) is 5.32 Å². The molecule has 0 aliphatic rings. The van der Waals surface area contributed by atoms with Gasteiger partial charge in [0.05, 0.1) is 11.3 Å². The number of primary amides is 1. The minimum Gasteiger partial charge on any atom is -0.409 e. The molecule has 0 bridgehead atoms. The van der Waals surface area contributed by atoms with Crippen LogP contribution >= 0.6 is 0 Å². The van der Waals surface area contributed by atoms with Crippen molar-refractivity contribution in [3.8, 4) is 0 Å². The van der Waals surface area contributed by atoms with E-state index < -0.39 is 17.2 Å². The number of nitrogens with zero attached hydrogens (tertiary/aromatic N) is 1. The largest absolute Gasteiger partial charge is 0.409 e. The molecule has 0 rings (SSSR count). The van der Waals surface area contributed by atoms with Crippen LogP contribution in [-0.2, 0) is 9.59 Å². The van der Waals surface area contributed by atoms with Crippen molar-refractivity contribution in [3.05, 3.63) is 0 Å². The molecule has 0 saturated carbocycles. The van der Waals surface area contributed by atoms with Gasteiger partial charge in [-0.25, -0.2) is 0 Å². The van der Waals surface area contributed by atoms with Gasteiger partial charge in [0, 0.05) is 6.54 Å². The highest BCUT2D eigenvalue weighted by Crippen LogP contribution is 2.13. The van der Waals surface area contributed by atoms with E-state index >= 15 is 0 Å². The van der Waals surface area contributed by atoms with Crippen molar-refractivity contribution in [2.45, 2.75) is 33.6 Å². The van der Waals surface area contributed by atoms with Crippen LogP contribution < -0.4 is 16.8 Å². The second kappa shape index (κ2) is 6.83. The van der Waals surface area contributed by atoms with Gasteiger partial charge in [-0.15, -0.1) is 0 Å². The van der Waals surface area contributed by atoms with Crippen LogP contribution in [0.2, 0.25) is 0 Å². The lowest BCUT2D eigenvalue weighted by molar-refractivity contribution is -0.127. The van der Waals surface area contributed by atoms with E-state index in [1.54, 1.807) is 13.8 Å². The van der Waals surface area contributed by atoms with Gasteiger partial charge in [0.2, 0.25) is 11.8 Å². The first-order valence-corrected chi connectivity index (χ1v) is 5.81. The summed E-state index contributed by atoms with van der Waals surface area (Å²) in [4.78, 5) is 23.0. The van der Waals surface area contributed by atoms with E-state index in [4.69, 9.17) is 16.7 Å². The third-order valence-electron chi connectivity index (χ3n) is 2.74. The van der Waals surface area contributed by atoms with Crippen molar-refractivity contribution in [2.24, 2.45) is 28.0 Å². The Bertz CT molecular complexity index is 339. The van der Waals surface area contributed by atoms with Gasteiger partial charge in [0.15, 0.2) is 5.84 Å². The lowest BCUT2D eigenvalue weighted by Crippen LogP contribution is -2.46. The number of amides is 2. The van der Waals surface area contributed by atoms with Crippen LogP contribution in [0.4, 0.5) is 0 Å². The summed E-state index contributed by atoms with van der Waals surface area (Å²) >= 11 is 0. The number of carbonyl (C=O) groups excluding carboxylic acids is 2. The molecule has 0 heterocycles. The molecular formula is C11H22N4O3. The number of nitrogens with two attached hydrogens (primary N) is 2. The molecule has 1 unspecified atom stereocenters. The highest BCUT2D eigenvalue weighted by molar-refractivity contribution is 6.02. The van der Waals surface area contributed by atoms with Gasteiger partial charge >= 0.3 is 0 Å². The topological polar surface area (TPSA) is 131 Å². The minimum absolute atomic E-state index is 0.111. The standard InChI is InChI=1S/C11H22N4O3/c1-4-5-7(8(12)15-18)9(16)14-6-11(2,3)10(13)17/h7,18H,4-6H2,1-3H3,(H2,12,15)(H2,13,17)(H,14,16). The second-order valence-corrected chi connectivity index (χ2v) is 4.83. The van der Waals surface area contributed by atoms with E-state index in [0.29, 0.717) is 12.8 Å². The Morgan fingerprint density at radius 2 is 1.94 bits per heavy atom. The van der Waals surface area contributed by atoms with Crippen molar-refractivity contribution >= 4 is 17.6 Å². The van der Waals surface area contributed by atoms with Crippen LogP contribution in [0.25, 0.3) is 0 Å². The number of hydrogen-bond donors (Lipinski definition) is 4. The maximum absolute atomic E-state index is 11.9. The highest BCUT2D eigenvalue weighted by Gasteiger charge is 2.28. The summed E-state index contributed by atoms with van der Waals surface area (Å²) in [6.45, 7) is 5.26. The van der Waals surface area contributed by atoms with E-state index in [-0.39, 0.29) is 18.3 Å². The Balaban J connectivity index is 4.59. The lowest BCUT2D eigenvalue weighted by Gasteiger charge is -2.22. The van der Waals surface area contributed by atoms with Crippen molar-refractivity contribution < 1.29 is 14.8 Å². The lowest BCUT2D eigenvalue weighted by atomic mass is 9.92. The number of carbonyl (C=O) groups is 2. The first kappa shape index (κ1) is 16.2. The Kier molecular flexibility index (Phi) is 6.15. The van der Waals surface area contributed by atoms with Gasteiger partial charge in [0.1, 0.15) is 0 Å².